The monoisotopic (exact) mass is 304 g/mol. The van der Waals surface area contributed by atoms with Gasteiger partial charge < -0.3 is 19.5 Å². The minimum Gasteiger partial charge on any atom is -0.504 e. The molecule has 0 aliphatic carbocycles. The predicted octanol–water partition coefficient (Wildman–Crippen LogP) is 1.26. The number of ether oxygens (including phenoxy) is 2. The molecule has 2 atom stereocenters. The van der Waals surface area contributed by atoms with Crippen LogP contribution in [0, 0.1) is 0 Å². The molecule has 0 saturated carbocycles. The fourth-order valence-electron chi connectivity index (χ4n) is 2.84. The summed E-state index contributed by atoms with van der Waals surface area (Å²) in [6.07, 6.45) is 1.85. The molecule has 1 aromatic carbocycles. The number of amides is 1. The third-order valence-corrected chi connectivity index (χ3v) is 3.81. The number of phenolic OH excluding ortho intramolecular Hbond substituents is 1. The average molecular weight is 304 g/mol. The van der Waals surface area contributed by atoms with Crippen LogP contribution in [0.3, 0.4) is 0 Å². The molecule has 3 rings (SSSR count). The number of carbonyl (C=O) groups excluding carboxylic acids is 2. The summed E-state index contributed by atoms with van der Waals surface area (Å²) in [6, 6.07) is 2.66. The highest BCUT2D eigenvalue weighted by Gasteiger charge is 2.38. The van der Waals surface area contributed by atoms with E-state index >= 15 is 0 Å². The number of hydrogen-bond acceptors (Lipinski definition) is 6. The van der Waals surface area contributed by atoms with Crippen LogP contribution in [0.1, 0.15) is 23.7 Å². The molecule has 0 bridgehead atoms. The van der Waals surface area contributed by atoms with Gasteiger partial charge >= 0.3 is 5.97 Å². The maximum absolute atomic E-state index is 12.7. The number of hydrogen-bond donors (Lipinski definition) is 1. The van der Waals surface area contributed by atoms with E-state index in [-0.39, 0.29) is 35.5 Å². The zero-order valence-electron chi connectivity index (χ0n) is 12.3. The maximum Gasteiger partial charge on any atom is 0.302 e. The first-order valence-electron chi connectivity index (χ1n) is 6.93. The Kier molecular flexibility index (Phi) is 3.48. The van der Waals surface area contributed by atoms with Gasteiger partial charge in [-0.1, -0.05) is 0 Å². The Morgan fingerprint density at radius 2 is 2.23 bits per heavy atom. The number of aliphatic imine (C=N–C) groups is 1. The van der Waals surface area contributed by atoms with Gasteiger partial charge in [0.15, 0.2) is 11.5 Å². The molecule has 7 nitrogen and oxygen atoms in total. The maximum atomic E-state index is 12.7. The van der Waals surface area contributed by atoms with Crippen molar-refractivity contribution in [2.45, 2.75) is 25.5 Å². The van der Waals surface area contributed by atoms with Crippen molar-refractivity contribution in [1.29, 1.82) is 0 Å². The van der Waals surface area contributed by atoms with Crippen LogP contribution in [0.2, 0.25) is 0 Å². The standard InChI is InChI=1S/C15H16N2O5/c1-8(18)22-10-3-9-6-16-12-5-13(19)14(21-2)4-11(12)15(20)17(9)7-10/h4-6,9-10,19H,3,7H2,1-2H3/t9?,10-/m1/s1. The first kappa shape index (κ1) is 14.4. The molecule has 0 aromatic heterocycles. The lowest BCUT2D eigenvalue weighted by molar-refractivity contribution is -0.145. The molecule has 0 spiro atoms. The van der Waals surface area contributed by atoms with E-state index in [1.807, 2.05) is 0 Å². The molecule has 116 valence electrons. The minimum atomic E-state index is -0.362. The molecule has 7 heteroatoms. The van der Waals surface area contributed by atoms with E-state index in [1.165, 1.54) is 26.2 Å². The van der Waals surface area contributed by atoms with Gasteiger partial charge in [0.1, 0.15) is 6.10 Å². The van der Waals surface area contributed by atoms with Crippen LogP contribution in [-0.4, -0.2) is 53.9 Å². The minimum absolute atomic E-state index is 0.0638. The molecule has 1 aromatic rings. The highest BCUT2D eigenvalue weighted by Crippen LogP contribution is 2.37. The van der Waals surface area contributed by atoms with Crippen LogP contribution in [0.15, 0.2) is 17.1 Å². The summed E-state index contributed by atoms with van der Waals surface area (Å²) >= 11 is 0. The van der Waals surface area contributed by atoms with Gasteiger partial charge in [0.05, 0.1) is 30.9 Å². The number of carbonyl (C=O) groups is 2. The average Bonchev–Trinajstić information content (AvgIpc) is 2.81. The number of fused-ring (bicyclic) bond motifs is 2. The Hall–Kier alpha value is -2.57. The highest BCUT2D eigenvalue weighted by molar-refractivity contribution is 6.03. The van der Waals surface area contributed by atoms with Crippen LogP contribution < -0.4 is 4.74 Å². The van der Waals surface area contributed by atoms with Crippen LogP contribution >= 0.6 is 0 Å². The van der Waals surface area contributed by atoms with E-state index in [1.54, 1.807) is 11.1 Å². The number of aromatic hydroxyl groups is 1. The second kappa shape index (κ2) is 5.32. The van der Waals surface area contributed by atoms with Gasteiger partial charge in [-0.15, -0.1) is 0 Å². The van der Waals surface area contributed by atoms with E-state index < -0.39 is 0 Å². The lowest BCUT2D eigenvalue weighted by Gasteiger charge is -2.20. The molecule has 1 N–H and O–H groups in total. The van der Waals surface area contributed by atoms with Crippen molar-refractivity contribution in [2.75, 3.05) is 13.7 Å². The third kappa shape index (κ3) is 2.38. The summed E-state index contributed by atoms with van der Waals surface area (Å²) in [6.45, 7) is 1.68. The van der Waals surface area contributed by atoms with E-state index in [0.29, 0.717) is 24.2 Å². The zero-order chi connectivity index (χ0) is 15.9. The topological polar surface area (TPSA) is 88.4 Å². The molecule has 22 heavy (non-hydrogen) atoms. The quantitative estimate of drug-likeness (QED) is 0.831. The van der Waals surface area contributed by atoms with E-state index in [4.69, 9.17) is 9.47 Å². The van der Waals surface area contributed by atoms with Crippen molar-refractivity contribution < 1.29 is 24.2 Å². The molecule has 0 radical (unpaired) electrons. The number of rotatable bonds is 2. The van der Waals surface area contributed by atoms with Crippen LogP contribution in [0.5, 0.6) is 11.5 Å². The molecule has 1 unspecified atom stereocenters. The van der Waals surface area contributed by atoms with Gasteiger partial charge in [-0.05, 0) is 6.07 Å². The lowest BCUT2D eigenvalue weighted by Crippen LogP contribution is -2.36. The van der Waals surface area contributed by atoms with Crippen molar-refractivity contribution in [3.8, 4) is 11.5 Å². The fourth-order valence-corrected chi connectivity index (χ4v) is 2.84. The largest absolute Gasteiger partial charge is 0.504 e. The van der Waals surface area contributed by atoms with Gasteiger partial charge in [-0.25, -0.2) is 0 Å². The number of esters is 1. The molecule has 2 heterocycles. The van der Waals surface area contributed by atoms with Gasteiger partial charge in [0, 0.05) is 25.6 Å². The van der Waals surface area contributed by atoms with Crippen molar-refractivity contribution in [3.63, 3.8) is 0 Å². The van der Waals surface area contributed by atoms with Crippen LogP contribution in [0.25, 0.3) is 0 Å². The lowest BCUT2D eigenvalue weighted by atomic mass is 10.1. The van der Waals surface area contributed by atoms with E-state index in [9.17, 15) is 14.7 Å². The van der Waals surface area contributed by atoms with Gasteiger partial charge in [-0.2, -0.15) is 0 Å². The van der Waals surface area contributed by atoms with Crippen molar-refractivity contribution in [2.24, 2.45) is 4.99 Å². The van der Waals surface area contributed by atoms with Crippen LogP contribution in [-0.2, 0) is 9.53 Å². The Morgan fingerprint density at radius 3 is 2.91 bits per heavy atom. The molecule has 1 fully saturated rings. The van der Waals surface area contributed by atoms with Crippen molar-refractivity contribution in [1.82, 2.24) is 4.90 Å². The van der Waals surface area contributed by atoms with Gasteiger partial charge in [-0.3, -0.25) is 14.6 Å². The normalized spacial score (nSPS) is 22.8. The Bertz CT molecular complexity index is 670. The molecular weight excluding hydrogens is 288 g/mol. The molecule has 2 aliphatic rings. The van der Waals surface area contributed by atoms with Gasteiger partial charge in [0.2, 0.25) is 0 Å². The molecule has 1 amide bonds. The number of nitrogens with zero attached hydrogens (tertiary/aromatic N) is 2. The Balaban J connectivity index is 1.94. The summed E-state index contributed by atoms with van der Waals surface area (Å²) < 4.78 is 10.2. The summed E-state index contributed by atoms with van der Waals surface area (Å²) in [5.74, 6) is -0.424. The number of methoxy groups -OCH3 is 1. The van der Waals surface area contributed by atoms with Crippen LogP contribution in [0.4, 0.5) is 5.69 Å². The summed E-state index contributed by atoms with van der Waals surface area (Å²) in [5, 5.41) is 9.81. The Morgan fingerprint density at radius 1 is 1.45 bits per heavy atom. The number of phenols is 1. The molecule has 2 aliphatic heterocycles. The summed E-state index contributed by atoms with van der Waals surface area (Å²) in [5.41, 5.74) is 0.763. The van der Waals surface area contributed by atoms with E-state index in [2.05, 4.69) is 4.99 Å². The zero-order valence-corrected chi connectivity index (χ0v) is 12.3. The molecular formula is C15H16N2O5. The predicted molar refractivity (Wildman–Crippen MR) is 77.8 cm³/mol. The first-order valence-corrected chi connectivity index (χ1v) is 6.93. The second-order valence-electron chi connectivity index (χ2n) is 5.31. The third-order valence-electron chi connectivity index (χ3n) is 3.81. The SMILES string of the molecule is COc1cc2c(cc1O)N=CC1C[C@@H](OC(C)=O)CN1C2=O. The van der Waals surface area contributed by atoms with Crippen molar-refractivity contribution >= 4 is 23.8 Å². The summed E-state index contributed by atoms with van der Waals surface area (Å²) in [7, 11) is 1.42. The Labute approximate surface area is 127 Å². The fraction of sp³-hybridized carbons (Fsp3) is 0.400. The number of benzene rings is 1. The van der Waals surface area contributed by atoms with E-state index in [0.717, 1.165) is 0 Å². The van der Waals surface area contributed by atoms with Gasteiger partial charge in [0.25, 0.3) is 5.91 Å². The first-order chi connectivity index (χ1) is 10.5. The second-order valence-corrected chi connectivity index (χ2v) is 5.31. The smallest absolute Gasteiger partial charge is 0.302 e. The molecule has 1 saturated heterocycles. The van der Waals surface area contributed by atoms with Crippen molar-refractivity contribution in [3.05, 3.63) is 17.7 Å². The summed E-state index contributed by atoms with van der Waals surface area (Å²) in [4.78, 5) is 29.7. The highest BCUT2D eigenvalue weighted by atomic mass is 16.5.